The van der Waals surface area contributed by atoms with E-state index < -0.39 is 6.09 Å². The van der Waals surface area contributed by atoms with Crippen molar-refractivity contribution >= 4 is 17.9 Å². The average molecular weight is 292 g/mol. The first-order valence-electron chi connectivity index (χ1n) is 7.30. The Kier molecular flexibility index (Phi) is 5.54. The SMILES string of the molecule is O=C(NCCN1C(=O)C=CC1=O)OC1CC/C=C/CCC1. The molecule has 1 N–H and O–H groups in total. The quantitative estimate of drug-likeness (QED) is 0.630. The molecule has 0 saturated heterocycles. The summed E-state index contributed by atoms with van der Waals surface area (Å²) >= 11 is 0. The molecule has 114 valence electrons. The highest BCUT2D eigenvalue weighted by molar-refractivity contribution is 6.12. The number of nitrogens with one attached hydrogen (secondary N) is 1. The van der Waals surface area contributed by atoms with Gasteiger partial charge >= 0.3 is 6.09 Å². The van der Waals surface area contributed by atoms with Crippen LogP contribution in [-0.4, -0.2) is 42.0 Å². The van der Waals surface area contributed by atoms with E-state index in [1.54, 1.807) is 0 Å². The lowest BCUT2D eigenvalue weighted by molar-refractivity contribution is -0.136. The standard InChI is InChI=1S/C15H20N2O4/c18-13-8-9-14(19)17(13)11-10-16-15(20)21-12-6-4-2-1-3-5-7-12/h1-2,8-9,12H,3-7,10-11H2,(H,16,20)/b2-1+. The molecular weight excluding hydrogens is 272 g/mol. The largest absolute Gasteiger partial charge is 0.446 e. The number of rotatable bonds is 4. The Morgan fingerprint density at radius 2 is 1.90 bits per heavy atom. The maximum absolute atomic E-state index is 11.7. The van der Waals surface area contributed by atoms with E-state index in [4.69, 9.17) is 4.74 Å². The Hall–Kier alpha value is -2.11. The van der Waals surface area contributed by atoms with E-state index in [9.17, 15) is 14.4 Å². The minimum absolute atomic E-state index is 0.0633. The highest BCUT2D eigenvalue weighted by Crippen LogP contribution is 2.15. The molecule has 0 bridgehead atoms. The van der Waals surface area contributed by atoms with E-state index in [-0.39, 0.29) is 31.0 Å². The number of imide groups is 1. The summed E-state index contributed by atoms with van der Waals surface area (Å²) in [5.74, 6) is -0.691. The van der Waals surface area contributed by atoms with E-state index >= 15 is 0 Å². The van der Waals surface area contributed by atoms with Crippen LogP contribution in [-0.2, 0) is 14.3 Å². The number of amides is 3. The second-order valence-electron chi connectivity index (χ2n) is 5.10. The average Bonchev–Trinajstić information content (AvgIpc) is 2.73. The topological polar surface area (TPSA) is 75.7 Å². The van der Waals surface area contributed by atoms with Gasteiger partial charge in [0.25, 0.3) is 11.8 Å². The van der Waals surface area contributed by atoms with Gasteiger partial charge in [-0.05, 0) is 32.1 Å². The van der Waals surface area contributed by atoms with Crippen LogP contribution in [0.2, 0.25) is 0 Å². The minimum Gasteiger partial charge on any atom is -0.446 e. The van der Waals surface area contributed by atoms with E-state index in [1.165, 1.54) is 12.2 Å². The number of nitrogens with zero attached hydrogens (tertiary/aromatic N) is 1. The summed E-state index contributed by atoms with van der Waals surface area (Å²) in [4.78, 5) is 35.4. The molecule has 6 heteroatoms. The molecule has 0 aromatic rings. The normalized spacial score (nSPS) is 23.6. The second-order valence-corrected chi connectivity index (χ2v) is 5.10. The van der Waals surface area contributed by atoms with Crippen LogP contribution in [0.25, 0.3) is 0 Å². The summed E-state index contributed by atoms with van der Waals surface area (Å²) in [7, 11) is 0. The third-order valence-corrected chi connectivity index (χ3v) is 3.50. The predicted molar refractivity (Wildman–Crippen MR) is 76.4 cm³/mol. The van der Waals surface area contributed by atoms with Crippen molar-refractivity contribution in [2.24, 2.45) is 0 Å². The van der Waals surface area contributed by atoms with Gasteiger partial charge in [-0.25, -0.2) is 4.79 Å². The van der Waals surface area contributed by atoms with E-state index in [0.717, 1.165) is 37.0 Å². The number of carbonyl (C=O) groups excluding carboxylic acids is 3. The molecule has 0 radical (unpaired) electrons. The zero-order chi connectivity index (χ0) is 15.1. The molecule has 3 amide bonds. The molecule has 6 nitrogen and oxygen atoms in total. The van der Waals surface area contributed by atoms with Gasteiger partial charge in [-0.3, -0.25) is 14.5 Å². The van der Waals surface area contributed by atoms with Crippen LogP contribution >= 0.6 is 0 Å². The maximum Gasteiger partial charge on any atom is 0.407 e. The van der Waals surface area contributed by atoms with Gasteiger partial charge in [0.15, 0.2) is 0 Å². The van der Waals surface area contributed by atoms with Crippen molar-refractivity contribution in [1.82, 2.24) is 10.2 Å². The van der Waals surface area contributed by atoms with Crippen molar-refractivity contribution in [3.8, 4) is 0 Å². The first kappa shape index (κ1) is 15.3. The third-order valence-electron chi connectivity index (χ3n) is 3.50. The molecule has 1 atom stereocenters. The summed E-state index contributed by atoms with van der Waals surface area (Å²) < 4.78 is 5.36. The smallest absolute Gasteiger partial charge is 0.407 e. The van der Waals surface area contributed by atoms with Gasteiger partial charge in [0, 0.05) is 25.2 Å². The molecule has 0 aromatic heterocycles. The van der Waals surface area contributed by atoms with Gasteiger partial charge in [0.1, 0.15) is 6.10 Å². The fourth-order valence-electron chi connectivity index (χ4n) is 2.36. The molecule has 2 rings (SSSR count). The molecule has 0 spiro atoms. The van der Waals surface area contributed by atoms with Gasteiger partial charge < -0.3 is 10.1 Å². The van der Waals surface area contributed by atoms with Crippen LogP contribution in [0.5, 0.6) is 0 Å². The molecule has 1 aliphatic carbocycles. The molecule has 2 aliphatic rings. The summed E-state index contributed by atoms with van der Waals surface area (Å²) in [5, 5.41) is 2.58. The number of carbonyl (C=O) groups is 3. The zero-order valence-corrected chi connectivity index (χ0v) is 11.9. The monoisotopic (exact) mass is 292 g/mol. The molecule has 21 heavy (non-hydrogen) atoms. The van der Waals surface area contributed by atoms with E-state index in [0.29, 0.717) is 0 Å². The van der Waals surface area contributed by atoms with Crippen molar-refractivity contribution < 1.29 is 19.1 Å². The summed E-state index contributed by atoms with van der Waals surface area (Å²) in [6, 6.07) is 0. The van der Waals surface area contributed by atoms with Crippen molar-refractivity contribution in [1.29, 1.82) is 0 Å². The van der Waals surface area contributed by atoms with Gasteiger partial charge in [0.05, 0.1) is 0 Å². The minimum atomic E-state index is -0.489. The summed E-state index contributed by atoms with van der Waals surface area (Å²) in [6.45, 7) is 0.359. The second kappa shape index (κ2) is 7.61. The van der Waals surface area contributed by atoms with Gasteiger partial charge in [-0.2, -0.15) is 0 Å². The van der Waals surface area contributed by atoms with Crippen molar-refractivity contribution in [2.75, 3.05) is 13.1 Å². The van der Waals surface area contributed by atoms with Crippen LogP contribution in [0.1, 0.15) is 32.1 Å². The molecule has 1 aliphatic heterocycles. The Balaban J connectivity index is 1.66. The molecule has 0 aromatic carbocycles. The van der Waals surface area contributed by atoms with Gasteiger partial charge in [-0.1, -0.05) is 12.2 Å². The predicted octanol–water partition coefficient (Wildman–Crippen LogP) is 1.53. The number of alkyl carbamates (subject to hydrolysis) is 1. The van der Waals surface area contributed by atoms with Crippen molar-refractivity contribution in [2.45, 2.75) is 38.2 Å². The summed E-state index contributed by atoms with van der Waals surface area (Å²) in [5.41, 5.74) is 0. The Morgan fingerprint density at radius 3 is 2.67 bits per heavy atom. The highest BCUT2D eigenvalue weighted by atomic mass is 16.6. The first-order valence-corrected chi connectivity index (χ1v) is 7.30. The molecule has 0 fully saturated rings. The third kappa shape index (κ3) is 4.73. The lowest BCUT2D eigenvalue weighted by atomic mass is 10.0. The molecule has 1 heterocycles. The van der Waals surface area contributed by atoms with Crippen molar-refractivity contribution in [3.05, 3.63) is 24.3 Å². The maximum atomic E-state index is 11.7. The van der Waals surface area contributed by atoms with Crippen LogP contribution in [0.3, 0.4) is 0 Å². The molecule has 0 saturated carbocycles. The molecule has 1 unspecified atom stereocenters. The zero-order valence-electron chi connectivity index (χ0n) is 11.9. The molecular formula is C15H20N2O4. The Labute approximate surface area is 123 Å². The number of allylic oxidation sites excluding steroid dienone is 2. The van der Waals surface area contributed by atoms with Gasteiger partial charge in [-0.15, -0.1) is 0 Å². The number of hydrogen-bond donors (Lipinski definition) is 1. The Bertz CT molecular complexity index is 452. The highest BCUT2D eigenvalue weighted by Gasteiger charge is 2.23. The van der Waals surface area contributed by atoms with E-state index in [2.05, 4.69) is 17.5 Å². The summed E-state index contributed by atoms with van der Waals surface area (Å²) in [6.07, 6.45) is 10.8. The van der Waals surface area contributed by atoms with Crippen molar-refractivity contribution in [3.63, 3.8) is 0 Å². The van der Waals surface area contributed by atoms with Crippen LogP contribution in [0, 0.1) is 0 Å². The fourth-order valence-corrected chi connectivity index (χ4v) is 2.36. The van der Waals surface area contributed by atoms with Crippen LogP contribution in [0.15, 0.2) is 24.3 Å². The van der Waals surface area contributed by atoms with Crippen LogP contribution in [0.4, 0.5) is 4.79 Å². The van der Waals surface area contributed by atoms with Crippen LogP contribution < -0.4 is 5.32 Å². The number of ether oxygens (including phenoxy) is 1. The lowest BCUT2D eigenvalue weighted by Crippen LogP contribution is -2.39. The van der Waals surface area contributed by atoms with E-state index in [1.807, 2.05) is 0 Å². The van der Waals surface area contributed by atoms with Gasteiger partial charge in [0.2, 0.25) is 0 Å². The number of hydrogen-bond acceptors (Lipinski definition) is 4. The first-order chi connectivity index (χ1) is 10.2. The fraction of sp³-hybridized carbons (Fsp3) is 0.533. The Morgan fingerprint density at radius 1 is 1.19 bits per heavy atom. The lowest BCUT2D eigenvalue weighted by Gasteiger charge is -2.19.